The van der Waals surface area contributed by atoms with E-state index in [1.54, 1.807) is 59.9 Å². The molecular formula is C50H79N7O16. The molecule has 1 amide bonds. The first kappa shape index (κ1) is 57.7. The Morgan fingerprint density at radius 3 is 2.33 bits per heavy atom. The number of cyclic esters (lactones) is 1. The van der Waals surface area contributed by atoms with Crippen LogP contribution in [0.15, 0.2) is 30.5 Å². The lowest BCUT2D eigenvalue weighted by Crippen LogP contribution is -2.61. The van der Waals surface area contributed by atoms with Crippen molar-refractivity contribution in [1.82, 2.24) is 30.1 Å². The molecule has 4 aliphatic heterocycles. The van der Waals surface area contributed by atoms with E-state index in [1.807, 2.05) is 58.6 Å². The van der Waals surface area contributed by atoms with E-state index in [2.05, 4.69) is 15.6 Å². The highest BCUT2D eigenvalue weighted by atomic mass is 16.8. The molecule has 0 bridgehead atoms. The zero-order valence-corrected chi connectivity index (χ0v) is 44.8. The number of carbonyl (C=O) groups is 3. The SMILES string of the molecule is CC[C@@H]1OC(=O)[C@H](C)[C@H](O[C@H]2C[C@@](C)(OC)[C@@H](OC(=O)NCc3cn(Cc4ccc([N+](=O)[O-])cc4)nn3)[C@H](C)O2)[C@H](C)[C@@H](O[C@@H]2O[C@H](C)C[C@H](N(C)C)[C@H]2O)[C@](C)(O)C[C@@H](C)CN(C)[C@H](C)[C@@H]2OC(=O)O[C@]12C. The molecule has 18 atom stereocenters. The molecule has 0 unspecified atom stereocenters. The van der Waals surface area contributed by atoms with Gasteiger partial charge in [0.05, 0.1) is 60.1 Å². The number of carbonyl (C=O) groups excluding carboxylic acids is 3. The van der Waals surface area contributed by atoms with Crippen molar-refractivity contribution in [2.24, 2.45) is 17.8 Å². The van der Waals surface area contributed by atoms with E-state index < -0.39 is 113 Å². The second-order valence-electron chi connectivity index (χ2n) is 21.6. The number of rotatable bonds is 13. The van der Waals surface area contributed by atoms with Gasteiger partial charge in [0, 0.05) is 50.2 Å². The quantitative estimate of drug-likeness (QED) is 0.107. The number of ether oxygens (including phenoxy) is 9. The van der Waals surface area contributed by atoms with Gasteiger partial charge in [-0.15, -0.1) is 5.10 Å². The van der Waals surface area contributed by atoms with Crippen molar-refractivity contribution >= 4 is 23.9 Å². The van der Waals surface area contributed by atoms with E-state index >= 15 is 0 Å². The Balaban J connectivity index is 1.26. The normalized spacial score (nSPS) is 39.1. The van der Waals surface area contributed by atoms with Crippen molar-refractivity contribution in [1.29, 1.82) is 0 Å². The zero-order chi connectivity index (χ0) is 53.9. The fraction of sp³-hybridized carbons (Fsp3) is 0.780. The van der Waals surface area contributed by atoms with Crippen molar-refractivity contribution in [2.75, 3.05) is 34.8 Å². The molecule has 4 aliphatic rings. The van der Waals surface area contributed by atoms with Gasteiger partial charge in [-0.3, -0.25) is 19.8 Å². The Bertz CT molecular complexity index is 2200. The van der Waals surface area contributed by atoms with E-state index in [4.69, 9.17) is 42.6 Å². The molecular weight excluding hydrogens is 955 g/mol. The van der Waals surface area contributed by atoms with Crippen LogP contribution in [0.3, 0.4) is 0 Å². The Hall–Kier alpha value is -4.59. The van der Waals surface area contributed by atoms with Crippen LogP contribution in [0.4, 0.5) is 15.3 Å². The molecule has 4 saturated heterocycles. The summed E-state index contributed by atoms with van der Waals surface area (Å²) in [6.07, 6.45) is -8.49. The van der Waals surface area contributed by atoms with Gasteiger partial charge in [-0.25, -0.2) is 14.3 Å². The summed E-state index contributed by atoms with van der Waals surface area (Å²) in [6.45, 7) is 18.7. The van der Waals surface area contributed by atoms with Gasteiger partial charge >= 0.3 is 18.2 Å². The van der Waals surface area contributed by atoms with Crippen LogP contribution in [0.25, 0.3) is 0 Å². The summed E-state index contributed by atoms with van der Waals surface area (Å²) in [7, 11) is 7.12. The third-order valence-corrected chi connectivity index (χ3v) is 15.4. The number of hydrogen-bond donors (Lipinski definition) is 3. The van der Waals surface area contributed by atoms with Crippen molar-refractivity contribution in [3.8, 4) is 0 Å². The third kappa shape index (κ3) is 13.3. The summed E-state index contributed by atoms with van der Waals surface area (Å²) in [6, 6.07) is 5.35. The first-order valence-corrected chi connectivity index (χ1v) is 25.3. The molecule has 1 aromatic carbocycles. The lowest BCUT2D eigenvalue weighted by Gasteiger charge is -2.49. The minimum Gasteiger partial charge on any atom is -0.458 e. The maximum atomic E-state index is 14.8. The number of alkyl carbamates (subject to hydrolysis) is 1. The standard InChI is InChI=1S/C50H79N7O16/c1-15-37-50(10)42(72-47(61)73-50)31(6)55(13)24-27(2)21-48(8,62)41(70-45-39(58)36(54(11)12)20-28(3)66-45)29(4)40(30(5)44(59)68-37)69-38-22-49(9,65-14)43(32(7)67-38)71-46(60)51-23-34-26-56(53-52-34)25-33-16-18-35(19-17-33)57(63)64/h16-19,26-32,36-43,45,58,62H,15,20-25H2,1-14H3,(H,51,60)/t27-,28-,29+,30-,31-,32+,36+,37+,38+,39-,40-,41-,42+,43+,45+,48-,49-,50-/m1/s1. The Morgan fingerprint density at radius 2 is 1.70 bits per heavy atom. The second kappa shape index (κ2) is 23.5. The van der Waals surface area contributed by atoms with Gasteiger partial charge in [-0.1, -0.05) is 38.1 Å². The number of methoxy groups -OCH3 is 1. The summed E-state index contributed by atoms with van der Waals surface area (Å²) in [5.74, 6) is -2.79. The van der Waals surface area contributed by atoms with Crippen LogP contribution in [-0.2, 0) is 60.5 Å². The summed E-state index contributed by atoms with van der Waals surface area (Å²) >= 11 is 0. The topological polar surface area (TPSA) is 267 Å². The van der Waals surface area contributed by atoms with Crippen LogP contribution < -0.4 is 5.32 Å². The maximum absolute atomic E-state index is 14.8. The monoisotopic (exact) mass is 1030 g/mol. The third-order valence-electron chi connectivity index (χ3n) is 15.4. The molecule has 0 spiro atoms. The number of benzene rings is 1. The molecule has 1 aromatic heterocycles. The lowest BCUT2D eigenvalue weighted by molar-refractivity contribution is -0.384. The van der Waals surface area contributed by atoms with Crippen LogP contribution >= 0.6 is 0 Å². The van der Waals surface area contributed by atoms with E-state index in [-0.39, 0.29) is 49.6 Å². The number of aromatic nitrogens is 3. The van der Waals surface area contributed by atoms with E-state index in [0.717, 1.165) is 5.56 Å². The van der Waals surface area contributed by atoms with Gasteiger partial charge in [0.1, 0.15) is 23.5 Å². The zero-order valence-electron chi connectivity index (χ0n) is 44.8. The highest BCUT2D eigenvalue weighted by Crippen LogP contribution is 2.42. The van der Waals surface area contributed by atoms with Gasteiger partial charge in [0.25, 0.3) is 5.69 Å². The number of aliphatic hydroxyl groups excluding tert-OH is 1. The number of nitrogens with one attached hydrogen (secondary N) is 1. The predicted octanol–water partition coefficient (Wildman–Crippen LogP) is 4.57. The van der Waals surface area contributed by atoms with Crippen LogP contribution in [0.5, 0.6) is 0 Å². The summed E-state index contributed by atoms with van der Waals surface area (Å²) in [4.78, 5) is 55.6. The number of hydrogen-bond acceptors (Lipinski definition) is 20. The van der Waals surface area contributed by atoms with E-state index in [1.165, 1.54) is 23.9 Å². The number of esters is 1. The van der Waals surface area contributed by atoms with Gasteiger partial charge in [0.2, 0.25) is 0 Å². The number of fused-ring (bicyclic) bond motifs is 1. The average Bonchev–Trinajstić information content (AvgIpc) is 3.91. The van der Waals surface area contributed by atoms with Crippen LogP contribution in [-0.4, -0.2) is 183 Å². The average molecular weight is 1030 g/mol. The summed E-state index contributed by atoms with van der Waals surface area (Å²) in [5, 5.41) is 46.6. The smallest absolute Gasteiger partial charge is 0.458 e. The van der Waals surface area contributed by atoms with Gasteiger partial charge in [0.15, 0.2) is 30.4 Å². The molecule has 3 N–H and O–H groups in total. The molecule has 2 aromatic rings. The van der Waals surface area contributed by atoms with Crippen LogP contribution in [0.1, 0.15) is 106 Å². The highest BCUT2D eigenvalue weighted by Gasteiger charge is 2.58. The molecule has 73 heavy (non-hydrogen) atoms. The molecule has 410 valence electrons. The number of non-ortho nitro benzene ring substituents is 1. The Kier molecular flexibility index (Phi) is 18.6. The molecule has 23 nitrogen and oxygen atoms in total. The summed E-state index contributed by atoms with van der Waals surface area (Å²) < 4.78 is 58.2. The summed E-state index contributed by atoms with van der Waals surface area (Å²) in [5.41, 5.74) is -3.04. The largest absolute Gasteiger partial charge is 0.509 e. The maximum Gasteiger partial charge on any atom is 0.509 e. The molecule has 4 fully saturated rings. The van der Waals surface area contributed by atoms with Gasteiger partial charge in [-0.05, 0) is 100 Å². The Labute approximate surface area is 427 Å². The first-order chi connectivity index (χ1) is 34.2. The number of aliphatic hydroxyl groups is 2. The number of nitro benzene ring substituents is 1. The highest BCUT2D eigenvalue weighted by molar-refractivity contribution is 5.73. The van der Waals surface area contributed by atoms with Crippen LogP contribution in [0.2, 0.25) is 0 Å². The minimum atomic E-state index is -1.63. The van der Waals surface area contributed by atoms with Crippen molar-refractivity contribution in [2.45, 2.75) is 198 Å². The molecule has 0 aliphatic carbocycles. The number of likely N-dealkylation sites (N-methyl/N-ethyl adjacent to an activating group) is 2. The van der Waals surface area contributed by atoms with Crippen molar-refractivity contribution in [3.63, 3.8) is 0 Å². The molecule has 6 rings (SSSR count). The van der Waals surface area contributed by atoms with Crippen LogP contribution in [0, 0.1) is 27.9 Å². The van der Waals surface area contributed by atoms with E-state index in [9.17, 15) is 34.7 Å². The first-order valence-electron chi connectivity index (χ1n) is 25.3. The lowest BCUT2D eigenvalue weighted by atomic mass is 9.77. The van der Waals surface area contributed by atoms with Gasteiger partial charge < -0.3 is 63.1 Å². The number of nitro groups is 1. The van der Waals surface area contributed by atoms with Gasteiger partial charge in [-0.2, -0.15) is 0 Å². The molecule has 0 radical (unpaired) electrons. The minimum absolute atomic E-state index is 0.00796. The number of nitrogens with zero attached hydrogens (tertiary/aromatic N) is 6. The second-order valence-corrected chi connectivity index (χ2v) is 21.6. The van der Waals surface area contributed by atoms with Crippen molar-refractivity contribution in [3.05, 3.63) is 51.8 Å². The van der Waals surface area contributed by atoms with E-state index in [0.29, 0.717) is 25.2 Å². The molecule has 5 heterocycles. The van der Waals surface area contributed by atoms with Crippen molar-refractivity contribution < 1.29 is 72.2 Å². The molecule has 0 saturated carbocycles. The fourth-order valence-electron chi connectivity index (χ4n) is 11.3. The molecule has 23 heteroatoms. The Morgan fingerprint density at radius 1 is 1.01 bits per heavy atom. The fourth-order valence-corrected chi connectivity index (χ4v) is 11.3. The predicted molar refractivity (Wildman–Crippen MR) is 261 cm³/mol. The number of amides is 1.